The monoisotopic (exact) mass is 226 g/mol. The lowest BCUT2D eigenvalue weighted by molar-refractivity contribution is -0.125. The van der Waals surface area contributed by atoms with Crippen molar-refractivity contribution < 1.29 is 9.53 Å². The Bertz CT molecular complexity index is 243. The quantitative estimate of drug-likeness (QED) is 0.748. The molecule has 0 spiro atoms. The number of carbonyl (C=O) groups excluding carboxylic acids is 1. The Morgan fingerprint density at radius 2 is 2.12 bits per heavy atom. The number of nitrogens with two attached hydrogens (primary N) is 1. The standard InChI is InChI=1S/C12H22N2O2/c13-12(5-2-1-3-6-12)9-14-11(15)10-4-7-16-8-10/h10H,1-9,13H2,(H,14,15). The van der Waals surface area contributed by atoms with E-state index in [4.69, 9.17) is 10.5 Å². The Balaban J connectivity index is 1.75. The molecule has 1 saturated carbocycles. The van der Waals surface area contributed by atoms with Gasteiger partial charge in [0.25, 0.3) is 0 Å². The summed E-state index contributed by atoms with van der Waals surface area (Å²) in [5.74, 6) is 0.167. The van der Waals surface area contributed by atoms with E-state index in [1.807, 2.05) is 0 Å². The molecular weight excluding hydrogens is 204 g/mol. The van der Waals surface area contributed by atoms with E-state index in [1.54, 1.807) is 0 Å². The zero-order chi connectivity index (χ0) is 11.4. The molecule has 1 saturated heterocycles. The molecule has 92 valence electrons. The molecule has 2 rings (SSSR count). The molecule has 1 amide bonds. The highest BCUT2D eigenvalue weighted by Crippen LogP contribution is 2.25. The van der Waals surface area contributed by atoms with Crippen molar-refractivity contribution in [2.45, 2.75) is 44.1 Å². The van der Waals surface area contributed by atoms with Crippen LogP contribution in [-0.2, 0) is 9.53 Å². The molecule has 0 bridgehead atoms. The average Bonchev–Trinajstić information content (AvgIpc) is 2.80. The lowest BCUT2D eigenvalue weighted by atomic mass is 9.82. The zero-order valence-electron chi connectivity index (χ0n) is 9.84. The van der Waals surface area contributed by atoms with Gasteiger partial charge in [0.1, 0.15) is 0 Å². The summed E-state index contributed by atoms with van der Waals surface area (Å²) in [6.07, 6.45) is 6.59. The van der Waals surface area contributed by atoms with E-state index in [0.717, 1.165) is 19.3 Å². The van der Waals surface area contributed by atoms with Crippen LogP contribution >= 0.6 is 0 Å². The van der Waals surface area contributed by atoms with E-state index in [9.17, 15) is 4.79 Å². The second-order valence-corrected chi connectivity index (χ2v) is 5.20. The Morgan fingerprint density at radius 3 is 2.75 bits per heavy atom. The molecule has 1 atom stereocenters. The fourth-order valence-corrected chi connectivity index (χ4v) is 2.58. The normalized spacial score (nSPS) is 28.9. The number of nitrogens with one attached hydrogen (secondary N) is 1. The van der Waals surface area contributed by atoms with Crippen LogP contribution in [0.15, 0.2) is 0 Å². The molecule has 0 aromatic rings. The highest BCUT2D eigenvalue weighted by Gasteiger charge is 2.30. The molecule has 2 aliphatic rings. The van der Waals surface area contributed by atoms with Crippen molar-refractivity contribution >= 4 is 5.91 Å². The number of ether oxygens (including phenoxy) is 1. The minimum absolute atomic E-state index is 0.0483. The Labute approximate surface area is 96.9 Å². The Morgan fingerprint density at radius 1 is 1.38 bits per heavy atom. The molecule has 1 unspecified atom stereocenters. The predicted octanol–water partition coefficient (Wildman–Crippen LogP) is 0.801. The highest BCUT2D eigenvalue weighted by atomic mass is 16.5. The van der Waals surface area contributed by atoms with Crippen LogP contribution < -0.4 is 11.1 Å². The first-order chi connectivity index (χ1) is 7.70. The van der Waals surface area contributed by atoms with Gasteiger partial charge in [0.2, 0.25) is 5.91 Å². The zero-order valence-corrected chi connectivity index (χ0v) is 9.84. The van der Waals surface area contributed by atoms with Crippen LogP contribution in [0, 0.1) is 5.92 Å². The van der Waals surface area contributed by atoms with Crippen molar-refractivity contribution in [3.8, 4) is 0 Å². The molecule has 0 radical (unpaired) electrons. The Kier molecular flexibility index (Phi) is 3.82. The lowest BCUT2D eigenvalue weighted by Gasteiger charge is -2.33. The maximum Gasteiger partial charge on any atom is 0.225 e. The van der Waals surface area contributed by atoms with Crippen LogP contribution in [0.2, 0.25) is 0 Å². The number of amides is 1. The number of hydrogen-bond acceptors (Lipinski definition) is 3. The lowest BCUT2D eigenvalue weighted by Crippen LogP contribution is -2.52. The summed E-state index contributed by atoms with van der Waals surface area (Å²) >= 11 is 0. The van der Waals surface area contributed by atoms with Gasteiger partial charge in [-0.05, 0) is 19.3 Å². The van der Waals surface area contributed by atoms with Crippen LogP contribution in [-0.4, -0.2) is 31.2 Å². The summed E-state index contributed by atoms with van der Waals surface area (Å²) < 4.78 is 5.20. The summed E-state index contributed by atoms with van der Waals surface area (Å²) in [4.78, 5) is 11.8. The van der Waals surface area contributed by atoms with Crippen molar-refractivity contribution in [2.24, 2.45) is 11.7 Å². The first kappa shape index (κ1) is 11.9. The fourth-order valence-electron chi connectivity index (χ4n) is 2.58. The molecular formula is C12H22N2O2. The van der Waals surface area contributed by atoms with E-state index in [1.165, 1.54) is 19.3 Å². The molecule has 2 fully saturated rings. The molecule has 4 nitrogen and oxygen atoms in total. The third kappa shape index (κ3) is 2.95. The molecule has 1 aliphatic carbocycles. The van der Waals surface area contributed by atoms with Gasteiger partial charge in [-0.15, -0.1) is 0 Å². The van der Waals surface area contributed by atoms with Crippen LogP contribution in [0.3, 0.4) is 0 Å². The summed E-state index contributed by atoms with van der Waals surface area (Å²) in [5.41, 5.74) is 6.10. The minimum Gasteiger partial charge on any atom is -0.381 e. The molecule has 0 aromatic heterocycles. The van der Waals surface area contributed by atoms with Gasteiger partial charge in [0.05, 0.1) is 12.5 Å². The number of carbonyl (C=O) groups is 1. The summed E-state index contributed by atoms with van der Waals surface area (Å²) in [7, 11) is 0. The van der Waals surface area contributed by atoms with Crippen molar-refractivity contribution in [1.29, 1.82) is 0 Å². The van der Waals surface area contributed by atoms with E-state index in [0.29, 0.717) is 19.8 Å². The van der Waals surface area contributed by atoms with Gasteiger partial charge in [-0.25, -0.2) is 0 Å². The second-order valence-electron chi connectivity index (χ2n) is 5.20. The number of rotatable bonds is 3. The molecule has 0 aromatic carbocycles. The van der Waals surface area contributed by atoms with Crippen molar-refractivity contribution in [1.82, 2.24) is 5.32 Å². The van der Waals surface area contributed by atoms with Gasteiger partial charge >= 0.3 is 0 Å². The van der Waals surface area contributed by atoms with Gasteiger partial charge in [-0.1, -0.05) is 19.3 Å². The van der Waals surface area contributed by atoms with Crippen LogP contribution in [0.4, 0.5) is 0 Å². The molecule has 1 heterocycles. The third-order valence-electron chi connectivity index (χ3n) is 3.76. The Hall–Kier alpha value is -0.610. The summed E-state index contributed by atoms with van der Waals surface area (Å²) in [5, 5.41) is 2.99. The molecule has 16 heavy (non-hydrogen) atoms. The van der Waals surface area contributed by atoms with Crippen LogP contribution in [0.25, 0.3) is 0 Å². The number of hydrogen-bond donors (Lipinski definition) is 2. The van der Waals surface area contributed by atoms with E-state index < -0.39 is 0 Å². The minimum atomic E-state index is -0.159. The largest absolute Gasteiger partial charge is 0.381 e. The van der Waals surface area contributed by atoms with Crippen LogP contribution in [0.1, 0.15) is 38.5 Å². The van der Waals surface area contributed by atoms with Crippen molar-refractivity contribution in [2.75, 3.05) is 19.8 Å². The third-order valence-corrected chi connectivity index (χ3v) is 3.76. The van der Waals surface area contributed by atoms with E-state index in [2.05, 4.69) is 5.32 Å². The summed E-state index contributed by atoms with van der Waals surface area (Å²) in [6, 6.07) is 0. The SMILES string of the molecule is NC1(CNC(=O)C2CCOC2)CCCCC1. The molecule has 1 aliphatic heterocycles. The van der Waals surface area contributed by atoms with Gasteiger partial charge in [-0.2, -0.15) is 0 Å². The maximum absolute atomic E-state index is 11.8. The van der Waals surface area contributed by atoms with Gasteiger partial charge in [-0.3, -0.25) is 4.79 Å². The fraction of sp³-hybridized carbons (Fsp3) is 0.917. The van der Waals surface area contributed by atoms with Crippen molar-refractivity contribution in [3.05, 3.63) is 0 Å². The van der Waals surface area contributed by atoms with E-state index >= 15 is 0 Å². The van der Waals surface area contributed by atoms with Crippen LogP contribution in [0.5, 0.6) is 0 Å². The topological polar surface area (TPSA) is 64.3 Å². The molecule has 4 heteroatoms. The smallest absolute Gasteiger partial charge is 0.225 e. The van der Waals surface area contributed by atoms with Gasteiger partial charge in [0.15, 0.2) is 0 Å². The summed E-state index contributed by atoms with van der Waals surface area (Å²) in [6.45, 7) is 1.91. The first-order valence-electron chi connectivity index (χ1n) is 6.34. The average molecular weight is 226 g/mol. The van der Waals surface area contributed by atoms with E-state index in [-0.39, 0.29) is 17.4 Å². The van der Waals surface area contributed by atoms with Gasteiger partial charge in [0, 0.05) is 18.7 Å². The van der Waals surface area contributed by atoms with Crippen molar-refractivity contribution in [3.63, 3.8) is 0 Å². The van der Waals surface area contributed by atoms with Gasteiger partial charge < -0.3 is 15.8 Å². The predicted molar refractivity (Wildman–Crippen MR) is 61.9 cm³/mol. The first-order valence-corrected chi connectivity index (χ1v) is 6.34. The second kappa shape index (κ2) is 5.15. The maximum atomic E-state index is 11.8. The molecule has 3 N–H and O–H groups in total. The highest BCUT2D eigenvalue weighted by molar-refractivity contribution is 5.79.